The highest BCUT2D eigenvalue weighted by Crippen LogP contribution is 2.24. The number of carbonyl (C=O) groups is 1. The average molecular weight is 458 g/mol. The van der Waals surface area contributed by atoms with Crippen molar-refractivity contribution in [2.24, 2.45) is 0 Å². The van der Waals surface area contributed by atoms with E-state index in [1.807, 2.05) is 6.07 Å². The van der Waals surface area contributed by atoms with Gasteiger partial charge in [0.05, 0.1) is 16.4 Å². The molecule has 0 saturated heterocycles. The zero-order valence-electron chi connectivity index (χ0n) is 16.7. The SMILES string of the molecule is CC(C)=C(C)c1cc(NCCCNC(=O)c2cccc(O)c2)n2ncc(Br)c2n1. The van der Waals surface area contributed by atoms with E-state index < -0.39 is 0 Å². The van der Waals surface area contributed by atoms with Crippen LogP contribution in [-0.4, -0.2) is 38.7 Å². The van der Waals surface area contributed by atoms with Crippen LogP contribution in [0.15, 0.2) is 46.6 Å². The Morgan fingerprint density at radius 2 is 2.00 bits per heavy atom. The molecule has 0 fully saturated rings. The number of hydrogen-bond acceptors (Lipinski definition) is 5. The lowest BCUT2D eigenvalue weighted by Crippen LogP contribution is -2.25. The van der Waals surface area contributed by atoms with Crippen molar-refractivity contribution in [1.82, 2.24) is 19.9 Å². The van der Waals surface area contributed by atoms with Gasteiger partial charge in [-0.2, -0.15) is 9.61 Å². The third kappa shape index (κ3) is 4.95. The minimum atomic E-state index is -0.204. The van der Waals surface area contributed by atoms with Crippen LogP contribution in [0, 0.1) is 0 Å². The van der Waals surface area contributed by atoms with Crippen LogP contribution in [0.5, 0.6) is 5.75 Å². The van der Waals surface area contributed by atoms with E-state index in [4.69, 9.17) is 4.98 Å². The fraction of sp³-hybridized carbons (Fsp3) is 0.286. The van der Waals surface area contributed by atoms with Gasteiger partial charge in [0.15, 0.2) is 5.65 Å². The van der Waals surface area contributed by atoms with Crippen molar-refractivity contribution in [2.75, 3.05) is 18.4 Å². The van der Waals surface area contributed by atoms with Crippen LogP contribution in [0.4, 0.5) is 5.82 Å². The molecule has 2 aromatic heterocycles. The van der Waals surface area contributed by atoms with Gasteiger partial charge in [0, 0.05) is 24.7 Å². The first-order valence-corrected chi connectivity index (χ1v) is 10.2. The molecule has 3 aromatic rings. The first-order chi connectivity index (χ1) is 13.9. The molecular weight excluding hydrogens is 434 g/mol. The number of allylic oxidation sites excluding steroid dienone is 2. The van der Waals surface area contributed by atoms with E-state index in [2.05, 4.69) is 52.4 Å². The van der Waals surface area contributed by atoms with E-state index in [0.29, 0.717) is 18.7 Å². The number of phenolic OH excluding ortho intramolecular Hbond substituents is 1. The van der Waals surface area contributed by atoms with E-state index in [-0.39, 0.29) is 11.7 Å². The Morgan fingerprint density at radius 3 is 2.72 bits per heavy atom. The Morgan fingerprint density at radius 1 is 1.21 bits per heavy atom. The highest BCUT2D eigenvalue weighted by atomic mass is 79.9. The number of halogens is 1. The molecule has 0 aliphatic heterocycles. The summed E-state index contributed by atoms with van der Waals surface area (Å²) in [5.74, 6) is 0.717. The molecule has 0 aliphatic rings. The molecule has 1 aromatic carbocycles. The van der Waals surface area contributed by atoms with Gasteiger partial charge in [-0.05, 0) is 66.9 Å². The first kappa shape index (κ1) is 20.9. The van der Waals surface area contributed by atoms with E-state index in [0.717, 1.165) is 33.6 Å². The molecule has 3 rings (SSSR count). The van der Waals surface area contributed by atoms with Crippen molar-refractivity contribution in [3.63, 3.8) is 0 Å². The highest BCUT2D eigenvalue weighted by molar-refractivity contribution is 9.10. The Kier molecular flexibility index (Phi) is 6.53. The van der Waals surface area contributed by atoms with Gasteiger partial charge >= 0.3 is 0 Å². The van der Waals surface area contributed by atoms with Crippen molar-refractivity contribution >= 4 is 38.9 Å². The molecule has 29 heavy (non-hydrogen) atoms. The second-order valence-electron chi connectivity index (χ2n) is 6.97. The molecule has 2 heterocycles. The second-order valence-corrected chi connectivity index (χ2v) is 7.82. The van der Waals surface area contributed by atoms with E-state index in [1.54, 1.807) is 22.8 Å². The van der Waals surface area contributed by atoms with Gasteiger partial charge in [0.25, 0.3) is 5.91 Å². The van der Waals surface area contributed by atoms with Crippen molar-refractivity contribution < 1.29 is 9.90 Å². The Balaban J connectivity index is 1.63. The van der Waals surface area contributed by atoms with Crippen molar-refractivity contribution in [3.05, 3.63) is 57.8 Å². The first-order valence-electron chi connectivity index (χ1n) is 9.36. The third-order valence-corrected chi connectivity index (χ3v) is 5.18. The summed E-state index contributed by atoms with van der Waals surface area (Å²) in [6.45, 7) is 7.35. The van der Waals surface area contributed by atoms with Gasteiger partial charge in [0.1, 0.15) is 11.6 Å². The predicted octanol–water partition coefficient (Wildman–Crippen LogP) is 4.24. The topological polar surface area (TPSA) is 91.5 Å². The number of phenols is 1. The number of aromatic hydroxyl groups is 1. The maximum Gasteiger partial charge on any atom is 0.251 e. The van der Waals surface area contributed by atoms with Gasteiger partial charge in [-0.25, -0.2) is 4.98 Å². The molecule has 0 saturated carbocycles. The fourth-order valence-corrected chi connectivity index (χ4v) is 3.11. The lowest BCUT2D eigenvalue weighted by atomic mass is 10.1. The third-order valence-electron chi connectivity index (χ3n) is 4.62. The number of nitrogens with one attached hydrogen (secondary N) is 2. The van der Waals surface area contributed by atoms with Crippen molar-refractivity contribution in [1.29, 1.82) is 0 Å². The maximum atomic E-state index is 12.1. The number of carbonyl (C=O) groups excluding carboxylic acids is 1. The lowest BCUT2D eigenvalue weighted by molar-refractivity contribution is 0.0953. The van der Waals surface area contributed by atoms with Gasteiger partial charge in [-0.1, -0.05) is 11.6 Å². The van der Waals surface area contributed by atoms with Crippen LogP contribution in [0.2, 0.25) is 0 Å². The van der Waals surface area contributed by atoms with E-state index in [1.165, 1.54) is 17.7 Å². The number of anilines is 1. The monoisotopic (exact) mass is 457 g/mol. The van der Waals surface area contributed by atoms with Crippen LogP contribution in [0.25, 0.3) is 11.2 Å². The van der Waals surface area contributed by atoms with E-state index in [9.17, 15) is 9.90 Å². The molecule has 152 valence electrons. The molecule has 7 nitrogen and oxygen atoms in total. The molecule has 3 N–H and O–H groups in total. The Bertz CT molecular complexity index is 1070. The van der Waals surface area contributed by atoms with Gasteiger partial charge in [-0.3, -0.25) is 4.79 Å². The molecule has 0 spiro atoms. The number of aromatic nitrogens is 3. The number of benzene rings is 1. The minimum absolute atomic E-state index is 0.0777. The predicted molar refractivity (Wildman–Crippen MR) is 118 cm³/mol. The summed E-state index contributed by atoms with van der Waals surface area (Å²) >= 11 is 3.50. The molecule has 0 aliphatic carbocycles. The normalized spacial score (nSPS) is 10.8. The van der Waals surface area contributed by atoms with Crippen LogP contribution < -0.4 is 10.6 Å². The number of rotatable bonds is 7. The summed E-state index contributed by atoms with van der Waals surface area (Å²) in [5, 5.41) is 20.1. The molecule has 8 heteroatoms. The van der Waals surface area contributed by atoms with E-state index >= 15 is 0 Å². The van der Waals surface area contributed by atoms with Gasteiger partial charge in [0.2, 0.25) is 0 Å². The summed E-state index contributed by atoms with van der Waals surface area (Å²) in [4.78, 5) is 16.8. The molecular formula is C21H24BrN5O2. The number of hydrogen-bond donors (Lipinski definition) is 3. The van der Waals surface area contributed by atoms with Crippen LogP contribution >= 0.6 is 15.9 Å². The van der Waals surface area contributed by atoms with Gasteiger partial charge < -0.3 is 15.7 Å². The van der Waals surface area contributed by atoms with Crippen LogP contribution in [-0.2, 0) is 0 Å². The summed E-state index contributed by atoms with van der Waals surface area (Å²) in [7, 11) is 0. The summed E-state index contributed by atoms with van der Waals surface area (Å²) in [6.07, 6.45) is 2.46. The largest absolute Gasteiger partial charge is 0.508 e. The fourth-order valence-electron chi connectivity index (χ4n) is 2.77. The van der Waals surface area contributed by atoms with Crippen molar-refractivity contribution in [2.45, 2.75) is 27.2 Å². The quantitative estimate of drug-likeness (QED) is 0.461. The zero-order chi connectivity index (χ0) is 21.0. The second kappa shape index (κ2) is 9.09. The molecule has 0 radical (unpaired) electrons. The lowest BCUT2D eigenvalue weighted by Gasteiger charge is -2.12. The minimum Gasteiger partial charge on any atom is -0.508 e. The summed E-state index contributed by atoms with van der Waals surface area (Å²) < 4.78 is 2.60. The van der Waals surface area contributed by atoms with Crippen LogP contribution in [0.3, 0.4) is 0 Å². The van der Waals surface area contributed by atoms with Crippen LogP contribution in [0.1, 0.15) is 43.2 Å². The summed E-state index contributed by atoms with van der Waals surface area (Å²) in [5.41, 5.74) is 4.43. The molecule has 0 bridgehead atoms. The van der Waals surface area contributed by atoms with Crippen molar-refractivity contribution in [3.8, 4) is 5.75 Å². The zero-order valence-corrected chi connectivity index (χ0v) is 18.2. The Labute approximate surface area is 178 Å². The Hall–Kier alpha value is -2.87. The number of fused-ring (bicyclic) bond motifs is 1. The molecule has 1 amide bonds. The smallest absolute Gasteiger partial charge is 0.251 e. The summed E-state index contributed by atoms with van der Waals surface area (Å²) in [6, 6.07) is 8.29. The maximum absolute atomic E-state index is 12.1. The highest BCUT2D eigenvalue weighted by Gasteiger charge is 2.12. The molecule has 0 atom stereocenters. The van der Waals surface area contributed by atoms with Gasteiger partial charge in [-0.15, -0.1) is 0 Å². The molecule has 0 unspecified atom stereocenters. The number of amides is 1. The number of nitrogens with zero attached hydrogens (tertiary/aromatic N) is 3. The average Bonchev–Trinajstić information content (AvgIpc) is 3.07. The standard InChI is InChI=1S/C21H24BrN5O2/c1-13(2)14(3)18-11-19(27-20(26-18)17(22)12-25-27)23-8-5-9-24-21(29)15-6-4-7-16(28)10-15/h4,6-7,10-12,23,28H,5,8-9H2,1-3H3,(H,24,29).